The maximum absolute atomic E-state index is 9.17. The minimum Gasteiger partial charge on any atom is -0.414 e. The molecular weight excluding hydrogens is 1450 g/mol. The first-order chi connectivity index (χ1) is 49.8. The van der Waals surface area contributed by atoms with Gasteiger partial charge in [0.15, 0.2) is 87.1 Å². The fraction of sp³-hybridized carbons (Fsp3) is 0.712. The van der Waals surface area contributed by atoms with E-state index in [1.54, 1.807) is 12.7 Å². The lowest BCUT2D eigenvalue weighted by atomic mass is 10.1. The molecule has 594 valence electrons. The van der Waals surface area contributed by atoms with Crippen molar-refractivity contribution in [1.82, 2.24) is 68.6 Å². The number of nitrogens with one attached hydrogen (secondary N) is 1. The van der Waals surface area contributed by atoms with E-state index in [0.29, 0.717) is 66.7 Å². The number of anilines is 1. The number of benzene rings is 1. The van der Waals surface area contributed by atoms with Crippen molar-refractivity contribution in [1.29, 1.82) is 0 Å². The summed E-state index contributed by atoms with van der Waals surface area (Å²) in [5.74, 6) is 2.64. The van der Waals surface area contributed by atoms with Gasteiger partial charge in [-0.2, -0.15) is 4.98 Å². The Morgan fingerprint density at radius 1 is 0.561 bits per heavy atom. The van der Waals surface area contributed by atoms with Crippen LogP contribution in [0.3, 0.4) is 0 Å². The Morgan fingerprint density at radius 2 is 1.02 bits per heavy atom. The molecule has 9 atom stereocenters. The topological polar surface area (TPSA) is 325 Å². The predicted molar refractivity (Wildman–Crippen MR) is 433 cm³/mol. The molecule has 0 saturated carbocycles. The number of imidazole rings is 3. The molecule has 34 heteroatoms. The molecule has 5 aliphatic heterocycles. The van der Waals surface area contributed by atoms with E-state index in [0.717, 1.165) is 60.7 Å². The molecule has 7 aromatic rings. The predicted octanol–water partition coefficient (Wildman–Crippen LogP) is 13.7. The zero-order chi connectivity index (χ0) is 78.8. The van der Waals surface area contributed by atoms with Gasteiger partial charge in [-0.25, -0.2) is 34.9 Å². The number of nitrogens with two attached hydrogens (primary N) is 1. The number of amidine groups is 1. The zero-order valence-electron chi connectivity index (χ0n) is 68.8. The van der Waals surface area contributed by atoms with Gasteiger partial charge in [0, 0.05) is 38.9 Å². The Hall–Kier alpha value is -5.69. The largest absolute Gasteiger partial charge is 0.414 e. The third kappa shape index (κ3) is 19.4. The van der Waals surface area contributed by atoms with Gasteiger partial charge in [-0.15, -0.1) is 5.10 Å². The second-order valence-electron chi connectivity index (χ2n) is 36.1. The molecule has 5 N–H and O–H groups in total. The highest BCUT2D eigenvalue weighted by atomic mass is 28.4. The number of hydrogen-bond acceptors (Lipinski definition) is 25. The number of aromatic nitrogens is 13. The summed E-state index contributed by atoms with van der Waals surface area (Å²) in [6, 6.07) is 7.56. The molecule has 1 aromatic carbocycles. The Kier molecular flexibility index (Phi) is 26.6. The molecule has 3 fully saturated rings. The van der Waals surface area contributed by atoms with Crippen LogP contribution in [0.2, 0.25) is 90.7 Å². The van der Waals surface area contributed by atoms with Crippen LogP contribution < -0.4 is 15.9 Å². The van der Waals surface area contributed by atoms with E-state index in [-0.39, 0.29) is 93.7 Å². The van der Waals surface area contributed by atoms with Crippen LogP contribution in [-0.4, -0.2) is 222 Å². The van der Waals surface area contributed by atoms with Crippen LogP contribution in [-0.2, 0) is 36.3 Å². The monoisotopic (exact) mass is 1570 g/mol. The van der Waals surface area contributed by atoms with Crippen LogP contribution in [0, 0.1) is 0 Å². The molecule has 0 aliphatic carbocycles. The number of aliphatic hydroxyl groups excluding tert-OH is 2. The Morgan fingerprint density at radius 3 is 1.51 bits per heavy atom. The molecular formula is C73H126N18O11Si5. The van der Waals surface area contributed by atoms with Gasteiger partial charge >= 0.3 is 0 Å². The zero-order valence-corrected chi connectivity index (χ0v) is 73.8. The van der Waals surface area contributed by atoms with Crippen molar-refractivity contribution in [2.45, 2.75) is 282 Å². The summed E-state index contributed by atoms with van der Waals surface area (Å²) in [5.41, 5.74) is 9.62. The fourth-order valence-electron chi connectivity index (χ4n) is 11.6. The van der Waals surface area contributed by atoms with Gasteiger partial charge in [-0.3, -0.25) is 18.7 Å². The van der Waals surface area contributed by atoms with E-state index in [2.05, 4.69) is 241 Å². The summed E-state index contributed by atoms with van der Waals surface area (Å²) in [5, 5.41) is 28.9. The average molecular weight is 1570 g/mol. The SMILES string of the molecule is CC(C)(C)[Si](C)(C)OC[C@H]1O[C@@H](n2cnc3c(NCCO)ncnc32)CC1O[Si](C)(C)C(C)(C)C.CC(C)(C)[Si](C)(C)OC[C@H]1O[C@@H](n2cnc3c2N=CN2CCN=C32)CC1O[Si](C)(C)C(C)(C)C.CC[C@H]1O[C@@H](n2cnc3c(On4nnc5ccccc54)ncnc32)CC1O[Si](C)(C)C(C)(C)C.NCCO. The molecule has 3 unspecified atom stereocenters. The van der Waals surface area contributed by atoms with Crippen LogP contribution >= 0.6 is 0 Å². The second kappa shape index (κ2) is 33.3. The first-order valence-corrected chi connectivity index (χ1v) is 52.5. The van der Waals surface area contributed by atoms with E-state index < -0.39 is 41.6 Å². The number of aliphatic imine (C=N–C) groups is 2. The average Bonchev–Trinajstić information content (AvgIpc) is 1.60. The Labute approximate surface area is 638 Å². The minimum atomic E-state index is -2.02. The number of para-hydroxylation sites is 1. The normalized spacial score (nSPS) is 22.5. The van der Waals surface area contributed by atoms with Gasteiger partial charge in [0.25, 0.3) is 5.88 Å². The lowest BCUT2D eigenvalue weighted by Gasteiger charge is -2.40. The van der Waals surface area contributed by atoms with Crippen molar-refractivity contribution in [3.8, 4) is 5.88 Å². The van der Waals surface area contributed by atoms with Crippen molar-refractivity contribution in [3.05, 3.63) is 61.6 Å². The molecule has 3 saturated heterocycles. The number of nitrogens with zero attached hydrogens (tertiary/aromatic N) is 16. The molecule has 11 heterocycles. The number of aliphatic hydroxyl groups is 2. The standard InChI is InChI=1S/C24H45N5O4Si2.C24H43N5O3Si2.C23H31N7O3Si.C2H7NO/c1-23(2,3)34(7,8)31-14-18-17(33-35(9,10)24(4,5)6)13-19(32-18)29-16-28-20-21(25-11-12-30)26-15-27-22(20)29;1-23(2,3)33(7,8)30-14-18-17(32-34(9,10)24(4,5)6)13-19(31-18)29-16-26-20-21-25-11-12-28(21)15-27-22(20)29;1-7-17-18(33-34(5,6)23(2,3)4)12-19(31-17)29-14-26-20-21(29)24-13-25-22(20)32-30-16-11-9-8-10-15(16)27-28-30;3-1-2-4/h15-19,30H,11-14H2,1-10H3,(H,25,26,27);15-19H,11-14H2,1-10H3;8-11,13-14,17-19H,7,12H2,1-6H3;4H,1-3H2/t2*17?,18-,19-;17-,18?,19-;/m111./s1. The van der Waals surface area contributed by atoms with Crippen molar-refractivity contribution in [2.75, 3.05) is 57.9 Å². The lowest BCUT2D eigenvalue weighted by Crippen LogP contribution is -2.48. The Balaban J connectivity index is 0.000000181. The van der Waals surface area contributed by atoms with Crippen molar-refractivity contribution >= 4 is 98.8 Å². The summed E-state index contributed by atoms with van der Waals surface area (Å²) in [6.07, 6.45) is 12.2. The molecule has 0 amide bonds. The summed E-state index contributed by atoms with van der Waals surface area (Å²) < 4.78 is 59.4. The summed E-state index contributed by atoms with van der Waals surface area (Å²) in [4.78, 5) is 50.0. The number of ether oxygens (including phenoxy) is 3. The smallest absolute Gasteiger partial charge is 0.280 e. The van der Waals surface area contributed by atoms with E-state index in [4.69, 9.17) is 57.0 Å². The molecule has 107 heavy (non-hydrogen) atoms. The number of rotatable bonds is 22. The number of hydrogen-bond donors (Lipinski definition) is 4. The van der Waals surface area contributed by atoms with E-state index in [1.165, 1.54) is 17.5 Å². The number of fused-ring (bicyclic) bond motifs is 6. The summed E-state index contributed by atoms with van der Waals surface area (Å²) in [7, 11) is -9.80. The highest BCUT2D eigenvalue weighted by Gasteiger charge is 2.51. The molecule has 0 spiro atoms. The molecule has 12 rings (SSSR count). The molecule has 29 nitrogen and oxygen atoms in total. The summed E-state index contributed by atoms with van der Waals surface area (Å²) in [6.45, 7) is 62.5. The highest BCUT2D eigenvalue weighted by Crippen LogP contribution is 2.48. The quantitative estimate of drug-likeness (QED) is 0.0458. The van der Waals surface area contributed by atoms with Gasteiger partial charge in [0.05, 0.1) is 82.7 Å². The van der Waals surface area contributed by atoms with E-state index >= 15 is 0 Å². The van der Waals surface area contributed by atoms with Gasteiger partial charge in [-0.05, 0) is 114 Å². The van der Waals surface area contributed by atoms with Crippen LogP contribution in [0.15, 0.2) is 65.9 Å². The highest BCUT2D eigenvalue weighted by molar-refractivity contribution is 6.75. The third-order valence-corrected chi connectivity index (χ3v) is 45.9. The van der Waals surface area contributed by atoms with Crippen LogP contribution in [0.5, 0.6) is 5.88 Å². The van der Waals surface area contributed by atoms with Gasteiger partial charge in [0.1, 0.15) is 54.6 Å². The van der Waals surface area contributed by atoms with Crippen molar-refractivity contribution in [3.63, 3.8) is 0 Å². The van der Waals surface area contributed by atoms with E-state index in [9.17, 15) is 5.11 Å². The minimum absolute atomic E-state index is 0.0142. The summed E-state index contributed by atoms with van der Waals surface area (Å²) >= 11 is 0. The Bertz CT molecular complexity index is 4150. The van der Waals surface area contributed by atoms with Crippen LogP contribution in [0.4, 0.5) is 11.6 Å². The molecule has 0 bridgehead atoms. The maximum Gasteiger partial charge on any atom is 0.280 e. The molecule has 5 aliphatic rings. The maximum atomic E-state index is 9.17. The first-order valence-electron chi connectivity index (χ1n) is 38.0. The molecule has 6 aromatic heterocycles. The van der Waals surface area contributed by atoms with Gasteiger partial charge in [-0.1, -0.05) is 128 Å². The third-order valence-electron chi connectivity index (χ3n) is 23.3. The van der Waals surface area contributed by atoms with Gasteiger partial charge < -0.3 is 67.3 Å². The first kappa shape index (κ1) is 85.3. The van der Waals surface area contributed by atoms with Crippen LogP contribution in [0.25, 0.3) is 33.4 Å². The van der Waals surface area contributed by atoms with Gasteiger partial charge in [0.2, 0.25) is 0 Å². The van der Waals surface area contributed by atoms with E-state index in [1.807, 2.05) is 46.1 Å². The van der Waals surface area contributed by atoms with Crippen molar-refractivity contribution in [2.24, 2.45) is 15.7 Å². The second-order valence-corrected chi connectivity index (χ2v) is 60.0. The fourth-order valence-corrected chi connectivity index (χ4v) is 17.7. The van der Waals surface area contributed by atoms with Crippen molar-refractivity contribution < 1.29 is 51.4 Å². The lowest BCUT2D eigenvalue weighted by molar-refractivity contribution is -0.0390. The van der Waals surface area contributed by atoms with Crippen LogP contribution in [0.1, 0.15) is 161 Å². The molecule has 0 radical (unpaired) electrons.